The van der Waals surface area contributed by atoms with Crippen LogP contribution in [-0.4, -0.2) is 38.3 Å². The van der Waals surface area contributed by atoms with Crippen molar-refractivity contribution in [3.8, 4) is 16.9 Å². The number of imidazole rings is 1. The van der Waals surface area contributed by atoms with Crippen molar-refractivity contribution >= 4 is 23.2 Å². The Kier molecular flexibility index (Phi) is 5.63. The van der Waals surface area contributed by atoms with Gasteiger partial charge in [0, 0.05) is 11.8 Å². The molecule has 3 aromatic rings. The average Bonchev–Trinajstić information content (AvgIpc) is 2.99. The summed E-state index contributed by atoms with van der Waals surface area (Å²) in [5.74, 6) is 1.36. The number of pyridine rings is 1. The van der Waals surface area contributed by atoms with E-state index in [9.17, 15) is 9.90 Å². The zero-order chi connectivity index (χ0) is 21.2. The van der Waals surface area contributed by atoms with E-state index >= 15 is 0 Å². The van der Waals surface area contributed by atoms with Crippen LogP contribution in [0.25, 0.3) is 22.3 Å². The molecule has 0 spiro atoms. The Morgan fingerprint density at radius 1 is 1.38 bits per heavy atom. The quantitative estimate of drug-likeness (QED) is 0.478. The smallest absolute Gasteiger partial charge is 0.405 e. The zero-order valence-corrected chi connectivity index (χ0v) is 17.1. The van der Waals surface area contributed by atoms with E-state index in [1.54, 1.807) is 6.20 Å². The molecule has 0 saturated carbocycles. The second-order valence-corrected chi connectivity index (χ2v) is 8.04. The third-order valence-electron chi connectivity index (χ3n) is 4.70. The van der Waals surface area contributed by atoms with Crippen molar-refractivity contribution in [1.29, 1.82) is 0 Å². The van der Waals surface area contributed by atoms with Crippen LogP contribution in [0, 0.1) is 12.8 Å². The van der Waals surface area contributed by atoms with Crippen LogP contribution in [0.2, 0.25) is 0 Å². The van der Waals surface area contributed by atoms with Crippen LogP contribution in [0.3, 0.4) is 0 Å². The molecule has 2 heterocycles. The predicted molar refractivity (Wildman–Crippen MR) is 113 cm³/mol. The summed E-state index contributed by atoms with van der Waals surface area (Å²) in [6.07, 6.45) is 1.33. The van der Waals surface area contributed by atoms with E-state index in [0.717, 1.165) is 16.7 Å². The molecule has 0 aliphatic heterocycles. The summed E-state index contributed by atoms with van der Waals surface area (Å²) in [6, 6.07) is 7.75. The number of hydrogen-bond acceptors (Lipinski definition) is 5. The number of amides is 1. The number of aromatic amines is 1. The Balaban J connectivity index is 1.83. The highest BCUT2D eigenvalue weighted by Crippen LogP contribution is 2.31. The molecule has 1 aromatic carbocycles. The number of aromatic nitrogens is 3. The second kappa shape index (κ2) is 7.98. The Labute approximate surface area is 169 Å². The summed E-state index contributed by atoms with van der Waals surface area (Å²) in [7, 11) is 0. The van der Waals surface area contributed by atoms with Crippen LogP contribution in [0.1, 0.15) is 32.8 Å². The molecule has 8 heteroatoms. The summed E-state index contributed by atoms with van der Waals surface area (Å²) in [5.41, 5.74) is 9.29. The molecule has 154 valence electrons. The first-order valence-electron chi connectivity index (χ1n) is 9.52. The van der Waals surface area contributed by atoms with E-state index in [4.69, 9.17) is 10.5 Å². The van der Waals surface area contributed by atoms with Gasteiger partial charge in [0.1, 0.15) is 17.9 Å². The molecule has 0 aliphatic carbocycles. The number of nitrogens with zero attached hydrogens (tertiary/aromatic N) is 2. The molecule has 8 nitrogen and oxygen atoms in total. The number of benzene rings is 1. The van der Waals surface area contributed by atoms with E-state index in [1.165, 1.54) is 0 Å². The lowest BCUT2D eigenvalue weighted by atomic mass is 9.91. The van der Waals surface area contributed by atoms with Gasteiger partial charge in [-0.3, -0.25) is 0 Å². The Hall–Kier alpha value is -3.29. The molecule has 0 fully saturated rings. The molecular formula is C21H27N5O3. The molecule has 0 aliphatic rings. The van der Waals surface area contributed by atoms with E-state index < -0.39 is 11.6 Å². The van der Waals surface area contributed by atoms with Gasteiger partial charge in [0.2, 0.25) is 0 Å². The fourth-order valence-electron chi connectivity index (χ4n) is 3.68. The molecule has 5 N–H and O–H groups in total. The largest absolute Gasteiger partial charge is 0.491 e. The molecule has 1 atom stereocenters. The van der Waals surface area contributed by atoms with Gasteiger partial charge in [-0.05, 0) is 55.5 Å². The highest BCUT2D eigenvalue weighted by molar-refractivity contribution is 5.90. The zero-order valence-electron chi connectivity index (χ0n) is 17.1. The molecule has 29 heavy (non-hydrogen) atoms. The van der Waals surface area contributed by atoms with Gasteiger partial charge in [-0.1, -0.05) is 19.9 Å². The maximum atomic E-state index is 11.2. The minimum Gasteiger partial charge on any atom is -0.491 e. The highest BCUT2D eigenvalue weighted by Gasteiger charge is 2.28. The van der Waals surface area contributed by atoms with Crippen LogP contribution in [0.5, 0.6) is 5.75 Å². The Morgan fingerprint density at radius 3 is 2.79 bits per heavy atom. The SMILES string of the molecule is Cc1cc(-c2ccnc3[nH]c(N)nc23)ccc1OCC(C)(CC(C)C)NC(=O)O. The van der Waals surface area contributed by atoms with Crippen molar-refractivity contribution in [1.82, 2.24) is 20.3 Å². The van der Waals surface area contributed by atoms with Crippen molar-refractivity contribution < 1.29 is 14.6 Å². The topological polar surface area (TPSA) is 126 Å². The highest BCUT2D eigenvalue weighted by atomic mass is 16.5. The van der Waals surface area contributed by atoms with Gasteiger partial charge in [0.25, 0.3) is 0 Å². The number of ether oxygens (including phenoxy) is 1. The fraction of sp³-hybridized carbons (Fsp3) is 0.381. The van der Waals surface area contributed by atoms with E-state index in [2.05, 4.69) is 34.1 Å². The van der Waals surface area contributed by atoms with E-state index in [1.807, 2.05) is 38.1 Å². The summed E-state index contributed by atoms with van der Waals surface area (Å²) < 4.78 is 6.01. The van der Waals surface area contributed by atoms with Gasteiger partial charge in [0.15, 0.2) is 11.6 Å². The average molecular weight is 397 g/mol. The lowest BCUT2D eigenvalue weighted by Gasteiger charge is -2.31. The normalized spacial score (nSPS) is 13.4. The number of anilines is 1. The number of nitrogens with two attached hydrogens (primary N) is 1. The molecule has 1 amide bonds. The number of carbonyl (C=O) groups is 1. The van der Waals surface area contributed by atoms with Crippen molar-refractivity contribution in [3.63, 3.8) is 0 Å². The van der Waals surface area contributed by atoms with Crippen molar-refractivity contribution in [2.75, 3.05) is 12.3 Å². The Morgan fingerprint density at radius 2 is 2.14 bits per heavy atom. The lowest BCUT2D eigenvalue weighted by molar-refractivity contribution is 0.143. The van der Waals surface area contributed by atoms with Gasteiger partial charge in [-0.2, -0.15) is 0 Å². The predicted octanol–water partition coefficient (Wildman–Crippen LogP) is 3.97. The van der Waals surface area contributed by atoms with Gasteiger partial charge >= 0.3 is 6.09 Å². The van der Waals surface area contributed by atoms with Gasteiger partial charge in [0.05, 0.1) is 5.54 Å². The fourth-order valence-corrected chi connectivity index (χ4v) is 3.68. The summed E-state index contributed by atoms with van der Waals surface area (Å²) in [6.45, 7) is 8.17. The maximum absolute atomic E-state index is 11.2. The molecule has 1 unspecified atom stereocenters. The van der Waals surface area contributed by atoms with Crippen LogP contribution in [0.4, 0.5) is 10.7 Å². The van der Waals surface area contributed by atoms with Crippen LogP contribution < -0.4 is 15.8 Å². The van der Waals surface area contributed by atoms with Crippen molar-refractivity contribution in [3.05, 3.63) is 36.0 Å². The van der Waals surface area contributed by atoms with Gasteiger partial charge < -0.3 is 25.9 Å². The van der Waals surface area contributed by atoms with Crippen LogP contribution in [-0.2, 0) is 0 Å². The summed E-state index contributed by atoms with van der Waals surface area (Å²) in [5, 5.41) is 11.8. The second-order valence-electron chi connectivity index (χ2n) is 8.04. The molecule has 0 bridgehead atoms. The summed E-state index contributed by atoms with van der Waals surface area (Å²) >= 11 is 0. The first kappa shape index (κ1) is 20.4. The minimum absolute atomic E-state index is 0.243. The lowest BCUT2D eigenvalue weighted by Crippen LogP contribution is -2.50. The number of nitrogens with one attached hydrogen (secondary N) is 2. The maximum Gasteiger partial charge on any atom is 0.405 e. The molecule has 3 rings (SSSR count). The van der Waals surface area contributed by atoms with Crippen LogP contribution in [0.15, 0.2) is 30.5 Å². The first-order chi connectivity index (χ1) is 13.7. The number of rotatable bonds is 7. The van der Waals surface area contributed by atoms with Gasteiger partial charge in [-0.25, -0.2) is 14.8 Å². The number of H-pyrrole nitrogens is 1. The third-order valence-corrected chi connectivity index (χ3v) is 4.70. The summed E-state index contributed by atoms with van der Waals surface area (Å²) in [4.78, 5) is 22.7. The van der Waals surface area contributed by atoms with E-state index in [-0.39, 0.29) is 6.61 Å². The first-order valence-corrected chi connectivity index (χ1v) is 9.52. The molecule has 2 aromatic heterocycles. The molecular weight excluding hydrogens is 370 g/mol. The van der Waals surface area contributed by atoms with Crippen molar-refractivity contribution in [2.45, 2.75) is 39.7 Å². The number of carboxylic acid groups (broad SMARTS) is 1. The number of aryl methyl sites for hydroxylation is 1. The Bertz CT molecular complexity index is 1030. The number of hydrogen-bond donors (Lipinski definition) is 4. The number of nitrogen functional groups attached to an aromatic ring is 1. The molecule has 0 saturated heterocycles. The third kappa shape index (κ3) is 4.77. The van der Waals surface area contributed by atoms with Crippen LogP contribution >= 0.6 is 0 Å². The number of fused-ring (bicyclic) bond motifs is 1. The van der Waals surface area contributed by atoms with Gasteiger partial charge in [-0.15, -0.1) is 0 Å². The molecule has 0 radical (unpaired) electrons. The van der Waals surface area contributed by atoms with E-state index in [0.29, 0.717) is 35.2 Å². The minimum atomic E-state index is -1.05. The van der Waals surface area contributed by atoms with Crippen molar-refractivity contribution in [2.24, 2.45) is 5.92 Å². The monoisotopic (exact) mass is 397 g/mol. The standard InChI is InChI=1S/C21H27N5O3/c1-12(2)10-21(4,26-20(27)28)11-29-16-6-5-14(9-13(16)3)15-7-8-23-18-17(15)24-19(22)25-18/h5-9,12,26H,10-11H2,1-4H3,(H,27,28)(H3,22,23,24,25).